The number of nitrogens with one attached hydrogen (secondary N) is 1. The maximum Gasteiger partial charge on any atom is 0.133 e. The Kier molecular flexibility index (Phi) is 1.87. The van der Waals surface area contributed by atoms with Crippen LogP contribution in [0.1, 0.15) is 44.3 Å². The molecule has 1 heterocycles. The lowest BCUT2D eigenvalue weighted by Gasteiger charge is -1.97. The van der Waals surface area contributed by atoms with Gasteiger partial charge in [0.15, 0.2) is 0 Å². The summed E-state index contributed by atoms with van der Waals surface area (Å²) < 4.78 is 0. The van der Waals surface area contributed by atoms with Crippen molar-refractivity contribution < 1.29 is 0 Å². The zero-order valence-electron chi connectivity index (χ0n) is 7.67. The second-order valence-corrected chi connectivity index (χ2v) is 4.03. The monoisotopic (exact) mass is 165 g/mol. The van der Waals surface area contributed by atoms with Crippen molar-refractivity contribution in [1.29, 1.82) is 0 Å². The maximum absolute atomic E-state index is 4.13. The number of hydrogen-bond acceptors (Lipinski definition) is 2. The Hall–Kier alpha value is -0.860. The maximum atomic E-state index is 4.13. The summed E-state index contributed by atoms with van der Waals surface area (Å²) in [5.74, 6) is 3.50. The van der Waals surface area contributed by atoms with E-state index in [1.165, 1.54) is 12.8 Å². The van der Waals surface area contributed by atoms with Gasteiger partial charge in [0.2, 0.25) is 0 Å². The number of rotatable bonds is 3. The minimum atomic E-state index is 0.657. The zero-order valence-corrected chi connectivity index (χ0v) is 7.67. The fourth-order valence-electron chi connectivity index (χ4n) is 1.33. The third-order valence-electron chi connectivity index (χ3n) is 2.12. The smallest absolute Gasteiger partial charge is 0.133 e. The highest BCUT2D eigenvalue weighted by molar-refractivity contribution is 5.05. The van der Waals surface area contributed by atoms with Crippen LogP contribution in [-0.2, 0) is 6.42 Å². The first-order valence-electron chi connectivity index (χ1n) is 4.67. The summed E-state index contributed by atoms with van der Waals surface area (Å²) in [5, 5.41) is 8.24. The number of aromatic nitrogens is 3. The Morgan fingerprint density at radius 2 is 2.17 bits per heavy atom. The highest BCUT2D eigenvalue weighted by atomic mass is 15.2. The van der Waals surface area contributed by atoms with Crippen molar-refractivity contribution in [3.05, 3.63) is 11.6 Å². The molecule has 1 fully saturated rings. The van der Waals surface area contributed by atoms with Crippen molar-refractivity contribution in [1.82, 2.24) is 15.2 Å². The standard InChI is InChI=1S/C9H15N3/c1-6(2)5-8-10-9(12-11-8)7-3-4-7/h6-7H,3-5H2,1-2H3,(H,10,11,12). The van der Waals surface area contributed by atoms with E-state index in [1.807, 2.05) is 0 Å². The summed E-state index contributed by atoms with van der Waals surface area (Å²) in [6.45, 7) is 4.39. The molecule has 12 heavy (non-hydrogen) atoms. The molecule has 0 bridgehead atoms. The van der Waals surface area contributed by atoms with Gasteiger partial charge in [0.05, 0.1) is 0 Å². The lowest BCUT2D eigenvalue weighted by Crippen LogP contribution is -1.96. The summed E-state index contributed by atoms with van der Waals surface area (Å²) in [7, 11) is 0. The molecule has 1 aromatic rings. The molecular formula is C9H15N3. The summed E-state index contributed by atoms with van der Waals surface area (Å²) in [6, 6.07) is 0. The van der Waals surface area contributed by atoms with Crippen LogP contribution < -0.4 is 0 Å². The molecule has 0 aromatic carbocycles. The second kappa shape index (κ2) is 2.88. The van der Waals surface area contributed by atoms with E-state index in [1.54, 1.807) is 0 Å². The first kappa shape index (κ1) is 7.77. The molecule has 2 rings (SSSR count). The topological polar surface area (TPSA) is 41.6 Å². The van der Waals surface area contributed by atoms with Crippen molar-refractivity contribution in [2.75, 3.05) is 0 Å². The number of hydrogen-bond donors (Lipinski definition) is 1. The molecule has 0 amide bonds. The van der Waals surface area contributed by atoms with Gasteiger partial charge in [0.25, 0.3) is 0 Å². The first-order chi connectivity index (χ1) is 5.75. The third-order valence-corrected chi connectivity index (χ3v) is 2.12. The molecule has 0 radical (unpaired) electrons. The van der Waals surface area contributed by atoms with Crippen LogP contribution >= 0.6 is 0 Å². The van der Waals surface area contributed by atoms with Crippen molar-refractivity contribution in [2.45, 2.75) is 39.0 Å². The van der Waals surface area contributed by atoms with Crippen LogP contribution in [0.2, 0.25) is 0 Å². The van der Waals surface area contributed by atoms with Crippen molar-refractivity contribution in [2.24, 2.45) is 5.92 Å². The highest BCUT2D eigenvalue weighted by Crippen LogP contribution is 2.37. The van der Waals surface area contributed by atoms with E-state index >= 15 is 0 Å². The molecular weight excluding hydrogens is 150 g/mol. The number of H-pyrrole nitrogens is 1. The van der Waals surface area contributed by atoms with Crippen LogP contribution in [0.4, 0.5) is 0 Å². The molecule has 66 valence electrons. The van der Waals surface area contributed by atoms with Crippen LogP contribution in [0, 0.1) is 5.92 Å². The van der Waals surface area contributed by atoms with Gasteiger partial charge in [-0.15, -0.1) is 10.2 Å². The Labute approximate surface area is 72.6 Å². The molecule has 1 N–H and O–H groups in total. The molecule has 0 unspecified atom stereocenters. The van der Waals surface area contributed by atoms with Gasteiger partial charge in [-0.3, -0.25) is 0 Å². The van der Waals surface area contributed by atoms with E-state index in [0.717, 1.165) is 18.1 Å². The normalized spacial score (nSPS) is 17.2. The van der Waals surface area contributed by atoms with Gasteiger partial charge in [-0.25, -0.2) is 0 Å². The SMILES string of the molecule is CC(C)Cc1nnc(C2CC2)[nH]1. The van der Waals surface area contributed by atoms with Gasteiger partial charge in [-0.1, -0.05) is 13.8 Å². The molecule has 0 aliphatic heterocycles. The average Bonchev–Trinajstić information content (AvgIpc) is 2.73. The lowest BCUT2D eigenvalue weighted by atomic mass is 10.1. The fourth-order valence-corrected chi connectivity index (χ4v) is 1.33. The predicted molar refractivity (Wildman–Crippen MR) is 46.9 cm³/mol. The van der Waals surface area contributed by atoms with Gasteiger partial charge in [-0.2, -0.15) is 0 Å². The minimum absolute atomic E-state index is 0.657. The van der Waals surface area contributed by atoms with Crippen LogP contribution in [0.15, 0.2) is 0 Å². The van der Waals surface area contributed by atoms with E-state index in [2.05, 4.69) is 29.0 Å². The van der Waals surface area contributed by atoms with Gasteiger partial charge in [0.1, 0.15) is 11.6 Å². The van der Waals surface area contributed by atoms with E-state index in [9.17, 15) is 0 Å². The Bertz CT molecular complexity index is 260. The largest absolute Gasteiger partial charge is 0.329 e. The highest BCUT2D eigenvalue weighted by Gasteiger charge is 2.27. The van der Waals surface area contributed by atoms with Gasteiger partial charge in [0, 0.05) is 12.3 Å². The van der Waals surface area contributed by atoms with Crippen LogP contribution in [0.5, 0.6) is 0 Å². The summed E-state index contributed by atoms with van der Waals surface area (Å²) in [4.78, 5) is 3.28. The second-order valence-electron chi connectivity index (χ2n) is 4.03. The Morgan fingerprint density at radius 1 is 1.42 bits per heavy atom. The van der Waals surface area contributed by atoms with Gasteiger partial charge < -0.3 is 4.98 Å². The van der Waals surface area contributed by atoms with E-state index in [-0.39, 0.29) is 0 Å². The minimum Gasteiger partial charge on any atom is -0.329 e. The zero-order chi connectivity index (χ0) is 8.55. The molecule has 3 heteroatoms. The summed E-state index contributed by atoms with van der Waals surface area (Å²) >= 11 is 0. The third kappa shape index (κ3) is 1.65. The van der Waals surface area contributed by atoms with Crippen molar-refractivity contribution >= 4 is 0 Å². The predicted octanol–water partition coefficient (Wildman–Crippen LogP) is 1.88. The molecule has 1 saturated carbocycles. The number of nitrogens with zero attached hydrogens (tertiary/aromatic N) is 2. The molecule has 0 saturated heterocycles. The van der Waals surface area contributed by atoms with E-state index < -0.39 is 0 Å². The summed E-state index contributed by atoms with van der Waals surface area (Å²) in [5.41, 5.74) is 0. The van der Waals surface area contributed by atoms with Crippen LogP contribution in [0.25, 0.3) is 0 Å². The Morgan fingerprint density at radius 3 is 2.75 bits per heavy atom. The van der Waals surface area contributed by atoms with Crippen LogP contribution in [-0.4, -0.2) is 15.2 Å². The first-order valence-corrected chi connectivity index (χ1v) is 4.67. The van der Waals surface area contributed by atoms with Crippen LogP contribution in [0.3, 0.4) is 0 Å². The molecule has 3 nitrogen and oxygen atoms in total. The van der Waals surface area contributed by atoms with E-state index in [4.69, 9.17) is 0 Å². The summed E-state index contributed by atoms with van der Waals surface area (Å²) in [6.07, 6.45) is 3.59. The fraction of sp³-hybridized carbons (Fsp3) is 0.778. The van der Waals surface area contributed by atoms with Gasteiger partial charge >= 0.3 is 0 Å². The molecule has 1 aliphatic rings. The number of aromatic amines is 1. The molecule has 0 atom stereocenters. The van der Waals surface area contributed by atoms with Gasteiger partial charge in [-0.05, 0) is 18.8 Å². The Balaban J connectivity index is 2.03. The average molecular weight is 165 g/mol. The lowest BCUT2D eigenvalue weighted by molar-refractivity contribution is 0.622. The van der Waals surface area contributed by atoms with Crippen molar-refractivity contribution in [3.63, 3.8) is 0 Å². The van der Waals surface area contributed by atoms with E-state index in [0.29, 0.717) is 11.8 Å². The van der Waals surface area contributed by atoms with Crippen molar-refractivity contribution in [3.8, 4) is 0 Å². The molecule has 0 spiro atoms. The molecule has 1 aromatic heterocycles. The quantitative estimate of drug-likeness (QED) is 0.743. The molecule has 1 aliphatic carbocycles.